The Hall–Kier alpha value is -0.910. The number of rotatable bonds is 5. The summed E-state index contributed by atoms with van der Waals surface area (Å²) in [4.78, 5) is 0.439. The van der Waals surface area contributed by atoms with Gasteiger partial charge in [-0.3, -0.25) is 0 Å². The maximum Gasteiger partial charge on any atom is 0.243 e. The van der Waals surface area contributed by atoms with Crippen molar-refractivity contribution in [3.63, 3.8) is 0 Å². The molecular weight excluding hydrogens is 260 g/mol. The summed E-state index contributed by atoms with van der Waals surface area (Å²) in [6.07, 6.45) is 3.08. The van der Waals surface area contributed by atoms with E-state index < -0.39 is 10.0 Å². The fourth-order valence-electron chi connectivity index (χ4n) is 2.34. The molecule has 0 aliphatic heterocycles. The van der Waals surface area contributed by atoms with Crippen LogP contribution in [-0.4, -0.2) is 32.9 Å². The Morgan fingerprint density at radius 2 is 2.05 bits per heavy atom. The van der Waals surface area contributed by atoms with Crippen LogP contribution in [0.4, 0.5) is 0 Å². The zero-order valence-electron chi connectivity index (χ0n) is 11.8. The van der Waals surface area contributed by atoms with Gasteiger partial charge in [0.15, 0.2) is 0 Å². The molecule has 0 heterocycles. The van der Waals surface area contributed by atoms with Crippen LogP contribution in [0.15, 0.2) is 23.1 Å². The van der Waals surface area contributed by atoms with Crippen LogP contribution >= 0.6 is 0 Å². The van der Waals surface area contributed by atoms with E-state index in [1.165, 1.54) is 0 Å². The van der Waals surface area contributed by atoms with E-state index in [1.54, 1.807) is 17.4 Å². The van der Waals surface area contributed by atoms with E-state index in [0.29, 0.717) is 11.4 Å². The molecule has 19 heavy (non-hydrogen) atoms. The first-order chi connectivity index (χ1) is 8.96. The van der Waals surface area contributed by atoms with E-state index in [-0.39, 0.29) is 6.04 Å². The van der Waals surface area contributed by atoms with Gasteiger partial charge in [0.25, 0.3) is 0 Å². The Kier molecular flexibility index (Phi) is 4.28. The highest BCUT2D eigenvalue weighted by atomic mass is 32.2. The molecule has 0 bridgehead atoms. The second-order valence-electron chi connectivity index (χ2n) is 5.24. The molecule has 1 fully saturated rings. The molecule has 0 amide bonds. The lowest BCUT2D eigenvalue weighted by Gasteiger charge is -2.34. The van der Waals surface area contributed by atoms with Crippen molar-refractivity contribution in [1.82, 2.24) is 9.62 Å². The molecule has 0 aromatic heterocycles. The van der Waals surface area contributed by atoms with Crippen LogP contribution in [0, 0.1) is 6.92 Å². The SMILES string of the molecule is CNCc1ccc(C)c(S(=O)(=O)N(C)C2CCC2)c1. The fourth-order valence-corrected chi connectivity index (χ4v) is 4.03. The number of aryl methyl sites for hydroxylation is 1. The lowest BCUT2D eigenvalue weighted by atomic mass is 9.94. The third-order valence-corrected chi connectivity index (χ3v) is 5.93. The Balaban J connectivity index is 2.35. The van der Waals surface area contributed by atoms with Crippen molar-refractivity contribution in [3.8, 4) is 0 Å². The zero-order chi connectivity index (χ0) is 14.0. The van der Waals surface area contributed by atoms with Crippen molar-refractivity contribution in [2.45, 2.75) is 43.7 Å². The largest absolute Gasteiger partial charge is 0.316 e. The number of nitrogens with zero attached hydrogens (tertiary/aromatic N) is 1. The molecule has 5 heteroatoms. The summed E-state index contributed by atoms with van der Waals surface area (Å²) in [7, 11) is 0.188. The smallest absolute Gasteiger partial charge is 0.243 e. The summed E-state index contributed by atoms with van der Waals surface area (Å²) in [5.41, 5.74) is 1.81. The van der Waals surface area contributed by atoms with Gasteiger partial charge in [-0.15, -0.1) is 0 Å². The van der Waals surface area contributed by atoms with Crippen molar-refractivity contribution in [2.24, 2.45) is 0 Å². The molecular formula is C14H22N2O2S. The number of sulfonamides is 1. The molecule has 1 saturated carbocycles. The highest BCUT2D eigenvalue weighted by Gasteiger charge is 2.32. The fraction of sp³-hybridized carbons (Fsp3) is 0.571. The van der Waals surface area contributed by atoms with Crippen LogP contribution < -0.4 is 5.32 Å². The van der Waals surface area contributed by atoms with Crippen molar-refractivity contribution >= 4 is 10.0 Å². The van der Waals surface area contributed by atoms with Crippen LogP contribution in [-0.2, 0) is 16.6 Å². The molecule has 0 unspecified atom stereocenters. The first kappa shape index (κ1) is 14.5. The quantitative estimate of drug-likeness (QED) is 0.897. The van der Waals surface area contributed by atoms with E-state index in [2.05, 4.69) is 5.32 Å². The van der Waals surface area contributed by atoms with Gasteiger partial charge in [-0.1, -0.05) is 18.6 Å². The van der Waals surface area contributed by atoms with Crippen LogP contribution in [0.25, 0.3) is 0 Å². The monoisotopic (exact) mass is 282 g/mol. The standard InChI is InChI=1S/C14H22N2O2S/c1-11-7-8-12(10-15-2)9-14(11)19(17,18)16(3)13-5-4-6-13/h7-9,13,15H,4-6,10H2,1-3H3. The summed E-state index contributed by atoms with van der Waals surface area (Å²) in [6.45, 7) is 2.53. The van der Waals surface area contributed by atoms with Gasteiger partial charge < -0.3 is 5.32 Å². The van der Waals surface area contributed by atoms with E-state index in [0.717, 1.165) is 30.4 Å². The molecule has 1 aromatic carbocycles. The molecule has 1 N–H and O–H groups in total. The minimum absolute atomic E-state index is 0.178. The van der Waals surface area contributed by atoms with E-state index in [1.807, 2.05) is 26.1 Å². The van der Waals surface area contributed by atoms with Crippen molar-refractivity contribution in [1.29, 1.82) is 0 Å². The maximum absolute atomic E-state index is 12.6. The average molecular weight is 282 g/mol. The normalized spacial score (nSPS) is 16.6. The number of nitrogens with one attached hydrogen (secondary N) is 1. The Morgan fingerprint density at radius 1 is 1.37 bits per heavy atom. The van der Waals surface area contributed by atoms with Gasteiger partial charge in [0.1, 0.15) is 0 Å². The van der Waals surface area contributed by atoms with Gasteiger partial charge in [-0.2, -0.15) is 4.31 Å². The molecule has 4 nitrogen and oxygen atoms in total. The number of hydrogen-bond donors (Lipinski definition) is 1. The second-order valence-corrected chi connectivity index (χ2v) is 7.20. The van der Waals surface area contributed by atoms with Gasteiger partial charge >= 0.3 is 0 Å². The average Bonchev–Trinajstić information content (AvgIpc) is 2.29. The van der Waals surface area contributed by atoms with Crippen molar-refractivity contribution in [3.05, 3.63) is 29.3 Å². The Labute approximate surface area is 115 Å². The summed E-state index contributed by atoms with van der Waals surface area (Å²) < 4.78 is 26.8. The van der Waals surface area contributed by atoms with E-state index in [4.69, 9.17) is 0 Å². The number of benzene rings is 1. The molecule has 0 radical (unpaired) electrons. The molecule has 0 atom stereocenters. The van der Waals surface area contributed by atoms with Crippen molar-refractivity contribution < 1.29 is 8.42 Å². The van der Waals surface area contributed by atoms with E-state index in [9.17, 15) is 8.42 Å². The predicted molar refractivity (Wildman–Crippen MR) is 76.5 cm³/mol. The Morgan fingerprint density at radius 3 is 2.58 bits per heavy atom. The van der Waals surface area contributed by atoms with Gasteiger partial charge in [0.2, 0.25) is 10.0 Å². The van der Waals surface area contributed by atoms with Crippen molar-refractivity contribution in [2.75, 3.05) is 14.1 Å². The molecule has 0 saturated heterocycles. The molecule has 2 rings (SSSR count). The van der Waals surface area contributed by atoms with Crippen LogP contribution in [0.1, 0.15) is 30.4 Å². The topological polar surface area (TPSA) is 49.4 Å². The third-order valence-electron chi connectivity index (χ3n) is 3.88. The summed E-state index contributed by atoms with van der Waals surface area (Å²) >= 11 is 0. The summed E-state index contributed by atoms with van der Waals surface area (Å²) in [5.74, 6) is 0. The molecule has 1 aromatic rings. The Bertz CT molecular complexity index is 551. The van der Waals surface area contributed by atoms with Gasteiger partial charge in [0.05, 0.1) is 4.90 Å². The highest BCUT2D eigenvalue weighted by molar-refractivity contribution is 7.89. The van der Waals surface area contributed by atoms with E-state index >= 15 is 0 Å². The predicted octanol–water partition coefficient (Wildman–Crippen LogP) is 1.89. The molecule has 106 valence electrons. The van der Waals surface area contributed by atoms with Gasteiger partial charge in [0, 0.05) is 19.6 Å². The van der Waals surface area contributed by atoms with Crippen LogP contribution in [0.2, 0.25) is 0 Å². The zero-order valence-corrected chi connectivity index (χ0v) is 12.6. The lowest BCUT2D eigenvalue weighted by molar-refractivity contribution is 0.249. The summed E-state index contributed by atoms with van der Waals surface area (Å²) in [6, 6.07) is 5.82. The van der Waals surface area contributed by atoms with Crippen LogP contribution in [0.3, 0.4) is 0 Å². The molecule has 0 spiro atoms. The lowest BCUT2D eigenvalue weighted by Crippen LogP contribution is -2.41. The molecule has 1 aliphatic carbocycles. The number of hydrogen-bond acceptors (Lipinski definition) is 3. The first-order valence-electron chi connectivity index (χ1n) is 6.69. The maximum atomic E-state index is 12.6. The second kappa shape index (κ2) is 5.61. The first-order valence-corrected chi connectivity index (χ1v) is 8.13. The van der Waals surface area contributed by atoms with Crippen LogP contribution in [0.5, 0.6) is 0 Å². The van der Waals surface area contributed by atoms with Gasteiger partial charge in [-0.25, -0.2) is 8.42 Å². The third kappa shape index (κ3) is 2.83. The van der Waals surface area contributed by atoms with Gasteiger partial charge in [-0.05, 0) is 44.0 Å². The summed E-state index contributed by atoms with van der Waals surface area (Å²) in [5, 5.41) is 3.05. The minimum atomic E-state index is -3.37. The molecule has 1 aliphatic rings. The highest BCUT2D eigenvalue weighted by Crippen LogP contribution is 2.29. The minimum Gasteiger partial charge on any atom is -0.316 e.